The first-order chi connectivity index (χ1) is 13.4. The van der Waals surface area contributed by atoms with Crippen molar-refractivity contribution in [3.05, 3.63) is 70.1 Å². The maximum atomic E-state index is 13.8. The molecule has 0 saturated heterocycles. The Morgan fingerprint density at radius 2 is 1.64 bits per heavy atom. The van der Waals surface area contributed by atoms with Crippen molar-refractivity contribution in [2.45, 2.75) is 45.8 Å². The van der Waals surface area contributed by atoms with Crippen LogP contribution in [0.1, 0.15) is 25.8 Å². The number of imidazole rings is 1. The number of fused-ring (bicyclic) bond motifs is 1. The van der Waals surface area contributed by atoms with Crippen LogP contribution in [0.4, 0.5) is 8.78 Å². The molecule has 0 aliphatic heterocycles. The first-order valence-electron chi connectivity index (χ1n) is 9.32. The van der Waals surface area contributed by atoms with E-state index >= 15 is 0 Å². The zero-order chi connectivity index (χ0) is 20.3. The molecule has 0 aliphatic carbocycles. The second-order valence-corrected chi connectivity index (χ2v) is 6.88. The lowest BCUT2D eigenvalue weighted by molar-refractivity contribution is -0.122. The van der Waals surface area contributed by atoms with E-state index in [9.17, 15) is 18.4 Å². The number of rotatable bonds is 7. The number of nitrogens with one attached hydrogen (secondary N) is 1. The molecule has 0 fully saturated rings. The van der Waals surface area contributed by atoms with Gasteiger partial charge < -0.3 is 5.32 Å². The van der Waals surface area contributed by atoms with Crippen LogP contribution in [0.25, 0.3) is 11.0 Å². The van der Waals surface area contributed by atoms with E-state index in [1.807, 2.05) is 25.1 Å². The molecule has 148 valence electrons. The summed E-state index contributed by atoms with van der Waals surface area (Å²) in [6, 6.07) is 10.5. The van der Waals surface area contributed by atoms with E-state index in [4.69, 9.17) is 0 Å². The first-order valence-corrected chi connectivity index (χ1v) is 9.32. The Balaban J connectivity index is 1.76. The van der Waals surface area contributed by atoms with Crippen molar-refractivity contribution in [2.24, 2.45) is 0 Å². The molecule has 3 rings (SSSR count). The molecule has 28 heavy (non-hydrogen) atoms. The molecule has 3 aromatic rings. The molecule has 0 radical (unpaired) electrons. The number of hydrogen-bond donors (Lipinski definition) is 1. The number of aromatic nitrogens is 2. The van der Waals surface area contributed by atoms with Crippen LogP contribution in [0.2, 0.25) is 0 Å². The lowest BCUT2D eigenvalue weighted by Gasteiger charge is -2.15. The van der Waals surface area contributed by atoms with E-state index in [-0.39, 0.29) is 30.1 Å². The fourth-order valence-electron chi connectivity index (χ4n) is 3.41. The molecule has 0 spiro atoms. The molecule has 1 atom stereocenters. The lowest BCUT2D eigenvalue weighted by atomic mass is 10.1. The number of carbonyl (C=O) groups excluding carboxylic acids is 1. The summed E-state index contributed by atoms with van der Waals surface area (Å²) >= 11 is 0. The monoisotopic (exact) mass is 387 g/mol. The molecule has 0 bridgehead atoms. The average Bonchev–Trinajstić information content (AvgIpc) is 2.91. The van der Waals surface area contributed by atoms with E-state index in [1.165, 1.54) is 22.8 Å². The van der Waals surface area contributed by atoms with E-state index in [1.54, 1.807) is 17.6 Å². The van der Waals surface area contributed by atoms with Crippen molar-refractivity contribution in [1.29, 1.82) is 0 Å². The first kappa shape index (κ1) is 19.8. The predicted molar refractivity (Wildman–Crippen MR) is 104 cm³/mol. The Morgan fingerprint density at radius 3 is 2.25 bits per heavy atom. The van der Waals surface area contributed by atoms with Gasteiger partial charge in [-0.15, -0.1) is 0 Å². The normalized spacial score (nSPS) is 12.3. The second kappa shape index (κ2) is 8.37. The van der Waals surface area contributed by atoms with E-state index in [2.05, 4.69) is 5.32 Å². The Kier molecular flexibility index (Phi) is 5.92. The van der Waals surface area contributed by atoms with Gasteiger partial charge >= 0.3 is 5.69 Å². The molecular formula is C21H23F2N3O2. The fourth-order valence-corrected chi connectivity index (χ4v) is 3.41. The Morgan fingerprint density at radius 1 is 1.04 bits per heavy atom. The molecular weight excluding hydrogens is 364 g/mol. The van der Waals surface area contributed by atoms with E-state index in [0.29, 0.717) is 12.1 Å². The summed E-state index contributed by atoms with van der Waals surface area (Å²) in [5.74, 6) is -1.66. The summed E-state index contributed by atoms with van der Waals surface area (Å²) in [6.07, 6.45) is 0.822. The highest BCUT2D eigenvalue weighted by Gasteiger charge is 2.18. The number of aryl methyl sites for hydroxylation is 1. The number of hydrogen-bond acceptors (Lipinski definition) is 2. The van der Waals surface area contributed by atoms with Crippen molar-refractivity contribution in [3.63, 3.8) is 0 Å². The molecule has 0 unspecified atom stereocenters. The van der Waals surface area contributed by atoms with Crippen LogP contribution >= 0.6 is 0 Å². The molecule has 7 heteroatoms. The summed E-state index contributed by atoms with van der Waals surface area (Å²) in [5.41, 5.74) is 1.16. The molecule has 1 N–H and O–H groups in total. The summed E-state index contributed by atoms with van der Waals surface area (Å²) < 4.78 is 30.7. The van der Waals surface area contributed by atoms with Crippen LogP contribution < -0.4 is 11.0 Å². The molecule has 5 nitrogen and oxygen atoms in total. The van der Waals surface area contributed by atoms with Crippen molar-refractivity contribution in [3.8, 4) is 0 Å². The van der Waals surface area contributed by atoms with Gasteiger partial charge in [0, 0.05) is 18.2 Å². The van der Waals surface area contributed by atoms with Crippen molar-refractivity contribution < 1.29 is 13.6 Å². The highest BCUT2D eigenvalue weighted by Crippen LogP contribution is 2.15. The van der Waals surface area contributed by atoms with Gasteiger partial charge in [-0.25, -0.2) is 13.6 Å². The smallest absolute Gasteiger partial charge is 0.329 e. The number of amides is 1. The van der Waals surface area contributed by atoms with Crippen LogP contribution in [0, 0.1) is 11.6 Å². The molecule has 0 saturated carbocycles. The van der Waals surface area contributed by atoms with Gasteiger partial charge in [0.15, 0.2) is 0 Å². The second-order valence-electron chi connectivity index (χ2n) is 6.88. The average molecular weight is 387 g/mol. The van der Waals surface area contributed by atoms with Crippen molar-refractivity contribution >= 4 is 16.9 Å². The number of carbonyl (C=O) groups is 1. The summed E-state index contributed by atoms with van der Waals surface area (Å²) in [7, 11) is 0. The number of benzene rings is 2. The van der Waals surface area contributed by atoms with Crippen molar-refractivity contribution in [1.82, 2.24) is 14.5 Å². The predicted octanol–water partition coefficient (Wildman–Crippen LogP) is 3.24. The summed E-state index contributed by atoms with van der Waals surface area (Å²) in [5, 5.41) is 2.72. The number of nitrogens with zero attached hydrogens (tertiary/aromatic N) is 2. The SMILES string of the molecule is CCCn1c(=O)n(CC(=O)N[C@H](C)Cc2c(F)cccc2F)c2ccccc21. The van der Waals surface area contributed by atoms with Crippen LogP contribution in [-0.4, -0.2) is 21.1 Å². The topological polar surface area (TPSA) is 56.0 Å². The highest BCUT2D eigenvalue weighted by molar-refractivity contribution is 5.81. The zero-order valence-electron chi connectivity index (χ0n) is 15.9. The van der Waals surface area contributed by atoms with Gasteiger partial charge in [0.1, 0.15) is 18.2 Å². The molecule has 1 amide bonds. The van der Waals surface area contributed by atoms with Gasteiger partial charge in [-0.1, -0.05) is 25.1 Å². The lowest BCUT2D eigenvalue weighted by Crippen LogP contribution is -2.39. The summed E-state index contributed by atoms with van der Waals surface area (Å²) in [4.78, 5) is 25.2. The van der Waals surface area contributed by atoms with Crippen LogP contribution in [0.5, 0.6) is 0 Å². The maximum absolute atomic E-state index is 13.8. The third-order valence-corrected chi connectivity index (χ3v) is 4.65. The standard InChI is InChI=1S/C21H23F2N3O2/c1-3-11-25-18-9-4-5-10-19(18)26(21(25)28)13-20(27)24-14(2)12-15-16(22)7-6-8-17(15)23/h4-10,14H,3,11-13H2,1-2H3,(H,24,27)/t14-/m1/s1. The minimum atomic E-state index is -0.639. The highest BCUT2D eigenvalue weighted by atomic mass is 19.1. The van der Waals surface area contributed by atoms with Gasteiger partial charge in [-0.3, -0.25) is 13.9 Å². The summed E-state index contributed by atoms with van der Waals surface area (Å²) in [6.45, 7) is 4.07. The zero-order valence-corrected chi connectivity index (χ0v) is 15.9. The van der Waals surface area contributed by atoms with E-state index < -0.39 is 17.7 Å². The van der Waals surface area contributed by atoms with Crippen LogP contribution in [0.15, 0.2) is 47.3 Å². The Hall–Kier alpha value is -2.96. The van der Waals surface area contributed by atoms with Gasteiger partial charge in [0.05, 0.1) is 11.0 Å². The number of halogens is 2. The fraction of sp³-hybridized carbons (Fsp3) is 0.333. The number of para-hydroxylation sites is 2. The largest absolute Gasteiger partial charge is 0.352 e. The quantitative estimate of drug-likeness (QED) is 0.677. The van der Waals surface area contributed by atoms with Gasteiger partial charge in [-0.05, 0) is 44.0 Å². The van der Waals surface area contributed by atoms with Gasteiger partial charge in [0.25, 0.3) is 0 Å². The van der Waals surface area contributed by atoms with Crippen LogP contribution in [0.3, 0.4) is 0 Å². The molecule has 0 aliphatic rings. The van der Waals surface area contributed by atoms with Gasteiger partial charge in [0.2, 0.25) is 5.91 Å². The molecule has 2 aromatic carbocycles. The van der Waals surface area contributed by atoms with Gasteiger partial charge in [-0.2, -0.15) is 0 Å². The maximum Gasteiger partial charge on any atom is 0.329 e. The van der Waals surface area contributed by atoms with Crippen molar-refractivity contribution in [2.75, 3.05) is 0 Å². The third-order valence-electron chi connectivity index (χ3n) is 4.65. The molecule has 1 aromatic heterocycles. The Bertz CT molecular complexity index is 1040. The minimum absolute atomic E-state index is 0.0245. The third kappa shape index (κ3) is 3.98. The van der Waals surface area contributed by atoms with E-state index in [0.717, 1.165) is 11.9 Å². The minimum Gasteiger partial charge on any atom is -0.352 e. The molecule has 1 heterocycles. The Labute approximate surface area is 161 Å². The van der Waals surface area contributed by atoms with Crippen LogP contribution in [-0.2, 0) is 24.3 Å².